The largest absolute Gasteiger partial charge is 0.497 e. The van der Waals surface area contributed by atoms with Crippen molar-refractivity contribution < 1.29 is 32.9 Å². The molecule has 0 spiro atoms. The topological polar surface area (TPSA) is 86.3 Å². The molecule has 1 N–H and O–H groups in total. The van der Waals surface area contributed by atoms with E-state index in [0.717, 1.165) is 11.1 Å². The molecule has 2 aliphatic rings. The molecule has 2 atom stereocenters. The smallest absolute Gasteiger partial charge is 0.256 e. The summed E-state index contributed by atoms with van der Waals surface area (Å²) >= 11 is 0. The first kappa shape index (κ1) is 24.4. The number of carbonyl (C=O) groups excluding carboxylic acids is 2. The number of hydrogen-bond donors (Lipinski definition) is 1. The molecule has 5 rings (SSSR count). The molecule has 3 aromatic carbocycles. The van der Waals surface area contributed by atoms with E-state index in [1.54, 1.807) is 38.5 Å². The van der Waals surface area contributed by atoms with Crippen molar-refractivity contribution in [1.29, 1.82) is 0 Å². The van der Waals surface area contributed by atoms with Crippen LogP contribution in [0.3, 0.4) is 0 Å². The van der Waals surface area contributed by atoms with Crippen LogP contribution in [0.2, 0.25) is 0 Å². The predicted octanol–water partition coefficient (Wildman–Crippen LogP) is 3.74. The van der Waals surface area contributed by atoms with Crippen LogP contribution in [0.25, 0.3) is 0 Å². The summed E-state index contributed by atoms with van der Waals surface area (Å²) in [4.78, 5) is 28.2. The van der Waals surface area contributed by atoms with E-state index in [9.17, 15) is 14.0 Å². The maximum atomic E-state index is 14.4. The minimum atomic E-state index is -0.596. The minimum Gasteiger partial charge on any atom is -0.497 e. The Morgan fingerprint density at radius 2 is 1.81 bits per heavy atom. The summed E-state index contributed by atoms with van der Waals surface area (Å²) in [5.41, 5.74) is 1.60. The van der Waals surface area contributed by atoms with Gasteiger partial charge in [-0.15, -0.1) is 0 Å². The number of amides is 2. The van der Waals surface area contributed by atoms with Crippen molar-refractivity contribution in [2.75, 3.05) is 34.1 Å². The van der Waals surface area contributed by atoms with Crippen LogP contribution in [0, 0.1) is 11.7 Å². The van der Waals surface area contributed by atoms with Gasteiger partial charge in [-0.3, -0.25) is 9.59 Å². The van der Waals surface area contributed by atoms with Crippen molar-refractivity contribution in [3.63, 3.8) is 0 Å². The Labute approximate surface area is 213 Å². The Balaban J connectivity index is 1.40. The number of benzene rings is 3. The fourth-order valence-electron chi connectivity index (χ4n) is 4.85. The zero-order valence-electron chi connectivity index (χ0n) is 20.5. The van der Waals surface area contributed by atoms with Crippen LogP contribution < -0.4 is 24.3 Å². The molecule has 1 fully saturated rings. The summed E-state index contributed by atoms with van der Waals surface area (Å²) < 4.78 is 36.1. The molecule has 8 nitrogen and oxygen atoms in total. The Morgan fingerprint density at radius 1 is 1.00 bits per heavy atom. The number of carbonyl (C=O) groups is 2. The van der Waals surface area contributed by atoms with E-state index in [1.807, 2.05) is 18.2 Å². The van der Waals surface area contributed by atoms with Crippen LogP contribution in [0.5, 0.6) is 23.0 Å². The summed E-state index contributed by atoms with van der Waals surface area (Å²) in [7, 11) is 3.11. The normalized spacial score (nSPS) is 18.0. The van der Waals surface area contributed by atoms with Gasteiger partial charge in [-0.25, -0.2) is 4.39 Å². The number of hydrogen-bond acceptors (Lipinski definition) is 6. The highest BCUT2D eigenvalue weighted by Gasteiger charge is 2.42. The maximum Gasteiger partial charge on any atom is 0.256 e. The van der Waals surface area contributed by atoms with E-state index < -0.39 is 17.6 Å². The van der Waals surface area contributed by atoms with Crippen LogP contribution in [0.4, 0.5) is 4.39 Å². The number of likely N-dealkylation sites (tertiary alicyclic amines) is 1. The van der Waals surface area contributed by atoms with Gasteiger partial charge >= 0.3 is 0 Å². The molecule has 3 aromatic rings. The molecule has 2 amide bonds. The zero-order chi connectivity index (χ0) is 25.9. The van der Waals surface area contributed by atoms with Gasteiger partial charge in [0.1, 0.15) is 17.3 Å². The van der Waals surface area contributed by atoms with Crippen molar-refractivity contribution in [3.05, 3.63) is 83.2 Å². The van der Waals surface area contributed by atoms with Gasteiger partial charge in [-0.05, 0) is 35.9 Å². The summed E-state index contributed by atoms with van der Waals surface area (Å²) in [5.74, 6) is 0.253. The van der Waals surface area contributed by atoms with E-state index in [1.165, 1.54) is 23.1 Å². The summed E-state index contributed by atoms with van der Waals surface area (Å²) in [6.45, 7) is 0.822. The number of ether oxygens (including phenoxy) is 4. The standard InChI is InChI=1S/C28H27FN2O6/c1-34-18-8-9-19(25(12-18)35-2)21-14-31(28(33)20-5-3-4-6-23(20)29)15-22(21)27(32)30-13-17-7-10-24-26(11-17)37-16-36-24/h3-12,21-22H,13-16H2,1-2H3,(H,30,32)/t21-,22-/m0/s1. The molecule has 0 unspecified atom stereocenters. The molecule has 2 heterocycles. The number of methoxy groups -OCH3 is 2. The summed E-state index contributed by atoms with van der Waals surface area (Å²) in [6, 6.07) is 16.7. The average molecular weight is 507 g/mol. The molecular weight excluding hydrogens is 479 g/mol. The maximum absolute atomic E-state index is 14.4. The van der Waals surface area contributed by atoms with Gasteiger partial charge in [0.05, 0.1) is 25.7 Å². The van der Waals surface area contributed by atoms with Crippen LogP contribution in [-0.4, -0.2) is 50.8 Å². The molecule has 0 aliphatic carbocycles. The van der Waals surface area contributed by atoms with E-state index in [2.05, 4.69) is 5.32 Å². The highest BCUT2D eigenvalue weighted by molar-refractivity contribution is 5.95. The first-order valence-corrected chi connectivity index (χ1v) is 11.9. The Hall–Kier alpha value is -4.27. The number of nitrogens with zero attached hydrogens (tertiary/aromatic N) is 1. The molecule has 2 aliphatic heterocycles. The second kappa shape index (κ2) is 10.4. The second-order valence-corrected chi connectivity index (χ2v) is 8.92. The van der Waals surface area contributed by atoms with Crippen LogP contribution >= 0.6 is 0 Å². The number of fused-ring (bicyclic) bond motifs is 1. The van der Waals surface area contributed by atoms with Gasteiger partial charge in [0, 0.05) is 37.2 Å². The third kappa shape index (κ3) is 4.89. The number of halogens is 1. The van der Waals surface area contributed by atoms with Crippen molar-refractivity contribution >= 4 is 11.8 Å². The molecule has 37 heavy (non-hydrogen) atoms. The van der Waals surface area contributed by atoms with Crippen molar-refractivity contribution in [2.24, 2.45) is 5.92 Å². The highest BCUT2D eigenvalue weighted by Crippen LogP contribution is 2.40. The number of nitrogens with one attached hydrogen (secondary N) is 1. The lowest BCUT2D eigenvalue weighted by molar-refractivity contribution is -0.125. The van der Waals surface area contributed by atoms with E-state index in [4.69, 9.17) is 18.9 Å². The van der Waals surface area contributed by atoms with Crippen molar-refractivity contribution in [3.8, 4) is 23.0 Å². The molecule has 0 radical (unpaired) electrons. The minimum absolute atomic E-state index is 0.0237. The summed E-state index contributed by atoms with van der Waals surface area (Å²) in [5, 5.41) is 2.99. The highest BCUT2D eigenvalue weighted by atomic mass is 19.1. The average Bonchev–Trinajstić information content (AvgIpc) is 3.58. The molecule has 1 saturated heterocycles. The fourth-order valence-corrected chi connectivity index (χ4v) is 4.85. The van der Waals surface area contributed by atoms with Crippen LogP contribution in [0.1, 0.15) is 27.4 Å². The molecule has 0 saturated carbocycles. The third-order valence-corrected chi connectivity index (χ3v) is 6.79. The lowest BCUT2D eigenvalue weighted by atomic mass is 9.87. The monoisotopic (exact) mass is 506 g/mol. The molecule has 9 heteroatoms. The van der Waals surface area contributed by atoms with Gasteiger partial charge in [0.2, 0.25) is 12.7 Å². The van der Waals surface area contributed by atoms with Crippen LogP contribution in [0.15, 0.2) is 60.7 Å². The zero-order valence-corrected chi connectivity index (χ0v) is 20.5. The summed E-state index contributed by atoms with van der Waals surface area (Å²) in [6.07, 6.45) is 0. The molecule has 0 bridgehead atoms. The second-order valence-electron chi connectivity index (χ2n) is 8.92. The van der Waals surface area contributed by atoms with Gasteiger partial charge in [-0.2, -0.15) is 0 Å². The molecular formula is C28H27FN2O6. The van der Waals surface area contributed by atoms with Gasteiger partial charge in [0.25, 0.3) is 5.91 Å². The predicted molar refractivity (Wildman–Crippen MR) is 132 cm³/mol. The SMILES string of the molecule is COc1ccc([C@@H]2CN(C(=O)c3ccccc3F)C[C@@H]2C(=O)NCc2ccc3c(c2)OCO3)c(OC)c1. The molecule has 192 valence electrons. The first-order valence-electron chi connectivity index (χ1n) is 11.9. The first-order chi connectivity index (χ1) is 18.0. The van der Waals surface area contributed by atoms with E-state index in [-0.39, 0.29) is 43.8 Å². The Bertz CT molecular complexity index is 1330. The fraction of sp³-hybridized carbons (Fsp3) is 0.286. The lowest BCUT2D eigenvalue weighted by Gasteiger charge is -2.21. The van der Waals surface area contributed by atoms with Gasteiger partial charge in [-0.1, -0.05) is 24.3 Å². The van der Waals surface area contributed by atoms with Gasteiger partial charge < -0.3 is 29.2 Å². The van der Waals surface area contributed by atoms with E-state index >= 15 is 0 Å². The van der Waals surface area contributed by atoms with Gasteiger partial charge in [0.15, 0.2) is 11.5 Å². The van der Waals surface area contributed by atoms with Crippen LogP contribution in [-0.2, 0) is 11.3 Å². The quantitative estimate of drug-likeness (QED) is 0.526. The molecule has 0 aromatic heterocycles. The van der Waals surface area contributed by atoms with Crippen molar-refractivity contribution in [2.45, 2.75) is 12.5 Å². The lowest BCUT2D eigenvalue weighted by Crippen LogP contribution is -2.35. The number of rotatable bonds is 7. The third-order valence-electron chi connectivity index (χ3n) is 6.79. The van der Waals surface area contributed by atoms with E-state index in [0.29, 0.717) is 23.0 Å². The Kier molecular flexibility index (Phi) is 6.85. The Morgan fingerprint density at radius 3 is 2.59 bits per heavy atom. The van der Waals surface area contributed by atoms with Crippen molar-refractivity contribution in [1.82, 2.24) is 10.2 Å².